The van der Waals surface area contributed by atoms with Crippen LogP contribution in [0.3, 0.4) is 0 Å². The minimum absolute atomic E-state index is 0.0180. The van der Waals surface area contributed by atoms with Crippen LogP contribution in [0.2, 0.25) is 0 Å². The van der Waals surface area contributed by atoms with Crippen molar-refractivity contribution in [2.45, 2.75) is 4.90 Å². The fourth-order valence-corrected chi connectivity index (χ4v) is 2.90. The summed E-state index contributed by atoms with van der Waals surface area (Å²) in [4.78, 5) is 7.80. The highest BCUT2D eigenvalue weighted by Gasteiger charge is 2.20. The van der Waals surface area contributed by atoms with Crippen LogP contribution in [-0.2, 0) is 10.0 Å². The molecule has 1 heterocycles. The van der Waals surface area contributed by atoms with Crippen LogP contribution in [0.15, 0.2) is 40.1 Å². The Balaban J connectivity index is 2.37. The van der Waals surface area contributed by atoms with Crippen molar-refractivity contribution in [1.82, 2.24) is 9.97 Å². The number of hydrogen-bond donors (Lipinski definition) is 1. The average Bonchev–Trinajstić information content (AvgIpc) is 2.48. The van der Waals surface area contributed by atoms with Crippen molar-refractivity contribution < 1.29 is 17.9 Å². The summed E-state index contributed by atoms with van der Waals surface area (Å²) < 4.78 is 37.7. The lowest BCUT2D eigenvalue weighted by atomic mass is 10.3. The van der Waals surface area contributed by atoms with Crippen LogP contribution in [0.1, 0.15) is 0 Å². The molecule has 9 heteroatoms. The number of nitrogens with one attached hydrogen (secondary N) is 1. The Morgan fingerprint density at radius 1 is 1.14 bits per heavy atom. The first-order valence-corrected chi connectivity index (χ1v) is 7.96. The van der Waals surface area contributed by atoms with E-state index in [1.807, 2.05) is 0 Å². The van der Waals surface area contributed by atoms with Crippen molar-refractivity contribution in [3.8, 4) is 11.5 Å². The summed E-state index contributed by atoms with van der Waals surface area (Å²) in [6, 6.07) is 4.42. The van der Waals surface area contributed by atoms with Crippen LogP contribution in [0, 0.1) is 0 Å². The van der Waals surface area contributed by atoms with Gasteiger partial charge in [0.2, 0.25) is 0 Å². The smallest absolute Gasteiger partial charge is 0.266 e. The highest BCUT2D eigenvalue weighted by atomic mass is 79.9. The molecule has 0 aliphatic rings. The van der Waals surface area contributed by atoms with Crippen LogP contribution < -0.4 is 14.2 Å². The first-order valence-electron chi connectivity index (χ1n) is 5.68. The van der Waals surface area contributed by atoms with E-state index in [0.717, 1.165) is 0 Å². The van der Waals surface area contributed by atoms with Gasteiger partial charge in [0.15, 0.2) is 5.82 Å². The molecule has 1 aromatic heterocycles. The van der Waals surface area contributed by atoms with Crippen LogP contribution in [0.5, 0.6) is 11.5 Å². The third-order valence-corrected chi connectivity index (χ3v) is 4.32. The highest BCUT2D eigenvalue weighted by Crippen LogP contribution is 2.29. The van der Waals surface area contributed by atoms with Crippen molar-refractivity contribution in [3.05, 3.63) is 35.2 Å². The molecule has 0 bridgehead atoms. The van der Waals surface area contributed by atoms with E-state index in [1.165, 1.54) is 44.8 Å². The van der Waals surface area contributed by atoms with Gasteiger partial charge in [-0.2, -0.15) is 0 Å². The van der Waals surface area contributed by atoms with Crippen LogP contribution in [-0.4, -0.2) is 32.6 Å². The molecule has 112 valence electrons. The van der Waals surface area contributed by atoms with E-state index >= 15 is 0 Å². The van der Waals surface area contributed by atoms with Gasteiger partial charge in [-0.15, -0.1) is 0 Å². The molecule has 0 saturated carbocycles. The van der Waals surface area contributed by atoms with E-state index < -0.39 is 10.0 Å². The summed E-state index contributed by atoms with van der Waals surface area (Å²) in [5.74, 6) is 0.775. The van der Waals surface area contributed by atoms with Gasteiger partial charge in [-0.1, -0.05) is 0 Å². The number of methoxy groups -OCH3 is 2. The van der Waals surface area contributed by atoms with Gasteiger partial charge in [0.1, 0.15) is 21.0 Å². The molecule has 0 aliphatic carbocycles. The van der Waals surface area contributed by atoms with E-state index in [0.29, 0.717) is 10.4 Å². The second-order valence-corrected chi connectivity index (χ2v) is 6.31. The SMILES string of the molecule is COc1ccc(S(=O)(=O)Nc2cnc(Br)cn2)c(OC)c1. The van der Waals surface area contributed by atoms with Crippen molar-refractivity contribution in [2.75, 3.05) is 18.9 Å². The van der Waals surface area contributed by atoms with Gasteiger partial charge in [0, 0.05) is 6.07 Å². The molecular weight excluding hydrogens is 362 g/mol. The maximum atomic E-state index is 12.4. The maximum Gasteiger partial charge on any atom is 0.266 e. The molecule has 1 aromatic carbocycles. The number of nitrogens with zero attached hydrogens (tertiary/aromatic N) is 2. The molecule has 1 N–H and O–H groups in total. The monoisotopic (exact) mass is 373 g/mol. The molecule has 0 saturated heterocycles. The largest absolute Gasteiger partial charge is 0.497 e. The lowest BCUT2D eigenvalue weighted by molar-refractivity contribution is 0.386. The molecule has 2 rings (SSSR count). The topological polar surface area (TPSA) is 90.4 Å². The molecule has 0 spiro atoms. The zero-order valence-corrected chi connectivity index (χ0v) is 13.6. The predicted octanol–water partition coefficient (Wildman–Crippen LogP) is 2.06. The number of hydrogen-bond acceptors (Lipinski definition) is 6. The van der Waals surface area contributed by atoms with Gasteiger partial charge in [0.05, 0.1) is 26.6 Å². The first-order chi connectivity index (χ1) is 9.96. The molecular formula is C12H12BrN3O4S. The fourth-order valence-electron chi connectivity index (χ4n) is 1.55. The molecule has 0 amide bonds. The maximum absolute atomic E-state index is 12.4. The molecule has 0 aliphatic heterocycles. The standard InChI is InChI=1S/C12H12BrN3O4S/c1-19-8-3-4-10(9(5-8)20-2)21(17,18)16-12-7-14-11(13)6-15-12/h3-7H,1-2H3,(H,15,16). The Bertz CT molecular complexity index is 735. The summed E-state index contributed by atoms with van der Waals surface area (Å²) in [6.07, 6.45) is 2.70. The average molecular weight is 374 g/mol. The van der Waals surface area contributed by atoms with Gasteiger partial charge in [-0.05, 0) is 28.1 Å². The van der Waals surface area contributed by atoms with Gasteiger partial charge in [0.25, 0.3) is 10.0 Å². The van der Waals surface area contributed by atoms with Crippen LogP contribution in [0.4, 0.5) is 5.82 Å². The molecule has 0 atom stereocenters. The Morgan fingerprint density at radius 2 is 1.90 bits per heavy atom. The van der Waals surface area contributed by atoms with Gasteiger partial charge in [-0.25, -0.2) is 18.4 Å². The first kappa shape index (κ1) is 15.5. The molecule has 7 nitrogen and oxygen atoms in total. The Labute approximate surface area is 130 Å². The fraction of sp³-hybridized carbons (Fsp3) is 0.167. The number of halogens is 1. The molecule has 0 fully saturated rings. The van der Waals surface area contributed by atoms with Gasteiger partial charge < -0.3 is 9.47 Å². The minimum atomic E-state index is -3.84. The zero-order chi connectivity index (χ0) is 15.5. The van der Waals surface area contributed by atoms with Crippen molar-refractivity contribution >= 4 is 31.8 Å². The van der Waals surface area contributed by atoms with Gasteiger partial charge >= 0.3 is 0 Å². The van der Waals surface area contributed by atoms with E-state index in [2.05, 4.69) is 30.6 Å². The number of rotatable bonds is 5. The second-order valence-electron chi connectivity index (χ2n) is 3.85. The normalized spacial score (nSPS) is 11.0. The Hall–Kier alpha value is -1.87. The van der Waals surface area contributed by atoms with Crippen LogP contribution in [0.25, 0.3) is 0 Å². The van der Waals surface area contributed by atoms with E-state index in [4.69, 9.17) is 9.47 Å². The van der Waals surface area contributed by atoms with Gasteiger partial charge in [-0.3, -0.25) is 4.72 Å². The molecule has 21 heavy (non-hydrogen) atoms. The Morgan fingerprint density at radius 3 is 2.48 bits per heavy atom. The quantitative estimate of drug-likeness (QED) is 0.862. The van der Waals surface area contributed by atoms with E-state index in [1.54, 1.807) is 0 Å². The molecule has 0 radical (unpaired) electrons. The summed E-state index contributed by atoms with van der Waals surface area (Å²) >= 11 is 3.12. The predicted molar refractivity (Wildman–Crippen MR) is 80.1 cm³/mol. The number of aromatic nitrogens is 2. The summed E-state index contributed by atoms with van der Waals surface area (Å²) in [5, 5.41) is 0. The number of anilines is 1. The zero-order valence-electron chi connectivity index (χ0n) is 11.2. The number of sulfonamides is 1. The Kier molecular flexibility index (Phi) is 4.63. The molecule has 2 aromatic rings. The van der Waals surface area contributed by atoms with Crippen LogP contribution >= 0.6 is 15.9 Å². The molecule has 0 unspecified atom stereocenters. The summed E-state index contributed by atoms with van der Waals surface area (Å²) in [5.41, 5.74) is 0. The summed E-state index contributed by atoms with van der Waals surface area (Å²) in [7, 11) is -0.975. The third-order valence-electron chi connectivity index (χ3n) is 2.52. The third kappa shape index (κ3) is 3.61. The van der Waals surface area contributed by atoms with Crippen molar-refractivity contribution in [3.63, 3.8) is 0 Å². The second kappa shape index (κ2) is 6.27. The van der Waals surface area contributed by atoms with Crippen molar-refractivity contribution in [1.29, 1.82) is 0 Å². The highest BCUT2D eigenvalue weighted by molar-refractivity contribution is 9.10. The summed E-state index contributed by atoms with van der Waals surface area (Å²) in [6.45, 7) is 0. The van der Waals surface area contributed by atoms with Crippen molar-refractivity contribution in [2.24, 2.45) is 0 Å². The lowest BCUT2D eigenvalue weighted by Crippen LogP contribution is -2.15. The number of benzene rings is 1. The lowest BCUT2D eigenvalue weighted by Gasteiger charge is -2.12. The minimum Gasteiger partial charge on any atom is -0.497 e. The number of ether oxygens (including phenoxy) is 2. The van der Waals surface area contributed by atoms with E-state index in [-0.39, 0.29) is 16.5 Å². The van der Waals surface area contributed by atoms with E-state index in [9.17, 15) is 8.42 Å².